The van der Waals surface area contributed by atoms with Gasteiger partial charge in [0.25, 0.3) is 0 Å². The van der Waals surface area contributed by atoms with E-state index >= 15 is 0 Å². The van der Waals surface area contributed by atoms with Crippen molar-refractivity contribution in [3.63, 3.8) is 0 Å². The minimum Gasteiger partial charge on any atom is -0.294 e. The van der Waals surface area contributed by atoms with Crippen LogP contribution in [0.5, 0.6) is 0 Å². The van der Waals surface area contributed by atoms with Gasteiger partial charge >= 0.3 is 0 Å². The zero-order valence-electron chi connectivity index (χ0n) is 9.16. The van der Waals surface area contributed by atoms with E-state index in [1.165, 1.54) is 9.75 Å². The Morgan fingerprint density at radius 2 is 1.88 bits per heavy atom. The molecule has 0 aromatic carbocycles. The highest BCUT2D eigenvalue weighted by Gasteiger charge is 2.22. The third-order valence-corrected chi connectivity index (χ3v) is 3.67. The van der Waals surface area contributed by atoms with Crippen LogP contribution in [0, 0.1) is 0 Å². The molecule has 2 heterocycles. The Morgan fingerprint density at radius 1 is 1.25 bits per heavy atom. The summed E-state index contributed by atoms with van der Waals surface area (Å²) in [7, 11) is 0. The standard InChI is InChI=1S/C11H14N2O2S/c1-2-8-3-4-9(16-8)5-13-6-10(14)12-11(15)7-13/h3-4H,2,5-7H2,1H3,(H,12,14,15). The number of aryl methyl sites for hydroxylation is 1. The number of imide groups is 1. The molecule has 4 nitrogen and oxygen atoms in total. The van der Waals surface area contributed by atoms with Crippen LogP contribution in [0.15, 0.2) is 12.1 Å². The first kappa shape index (κ1) is 11.3. The summed E-state index contributed by atoms with van der Waals surface area (Å²) in [6.07, 6.45) is 1.03. The predicted octanol–water partition coefficient (Wildman–Crippen LogP) is 0.769. The van der Waals surface area contributed by atoms with E-state index in [1.807, 2.05) is 4.90 Å². The van der Waals surface area contributed by atoms with E-state index in [4.69, 9.17) is 0 Å². The molecule has 1 N–H and O–H groups in total. The monoisotopic (exact) mass is 238 g/mol. The summed E-state index contributed by atoms with van der Waals surface area (Å²) in [5.41, 5.74) is 0. The molecule has 1 saturated heterocycles. The van der Waals surface area contributed by atoms with Crippen LogP contribution in [0.4, 0.5) is 0 Å². The van der Waals surface area contributed by atoms with Crippen LogP contribution >= 0.6 is 11.3 Å². The van der Waals surface area contributed by atoms with E-state index in [9.17, 15) is 9.59 Å². The maximum Gasteiger partial charge on any atom is 0.240 e. The molecule has 0 bridgehead atoms. The van der Waals surface area contributed by atoms with Crippen molar-refractivity contribution in [2.45, 2.75) is 19.9 Å². The van der Waals surface area contributed by atoms with E-state index in [2.05, 4.69) is 24.4 Å². The maximum atomic E-state index is 11.2. The van der Waals surface area contributed by atoms with Crippen LogP contribution in [0.3, 0.4) is 0 Å². The molecule has 1 fully saturated rings. The second-order valence-electron chi connectivity index (χ2n) is 3.84. The Kier molecular flexibility index (Phi) is 3.36. The lowest BCUT2D eigenvalue weighted by Gasteiger charge is -2.24. The number of carbonyl (C=O) groups is 2. The fourth-order valence-corrected chi connectivity index (χ4v) is 2.73. The van der Waals surface area contributed by atoms with Gasteiger partial charge in [0.2, 0.25) is 11.8 Å². The van der Waals surface area contributed by atoms with Crippen LogP contribution in [-0.2, 0) is 22.6 Å². The molecule has 86 valence electrons. The minimum absolute atomic E-state index is 0.205. The predicted molar refractivity (Wildman–Crippen MR) is 62.1 cm³/mol. The summed E-state index contributed by atoms with van der Waals surface area (Å²) in [4.78, 5) is 26.7. The molecular formula is C11H14N2O2S. The van der Waals surface area contributed by atoms with Gasteiger partial charge in [0.05, 0.1) is 13.1 Å². The van der Waals surface area contributed by atoms with Crippen LogP contribution in [-0.4, -0.2) is 29.8 Å². The molecular weight excluding hydrogens is 224 g/mol. The first-order chi connectivity index (χ1) is 7.67. The van der Waals surface area contributed by atoms with Gasteiger partial charge in [0.15, 0.2) is 0 Å². The highest BCUT2D eigenvalue weighted by molar-refractivity contribution is 7.11. The molecule has 1 aromatic heterocycles. The van der Waals surface area contributed by atoms with Gasteiger partial charge in [-0.2, -0.15) is 0 Å². The van der Waals surface area contributed by atoms with Crippen LogP contribution in [0.2, 0.25) is 0 Å². The normalized spacial score (nSPS) is 17.6. The molecule has 1 aliphatic rings. The average molecular weight is 238 g/mol. The minimum atomic E-state index is -0.205. The summed E-state index contributed by atoms with van der Waals surface area (Å²) in [5.74, 6) is -0.410. The summed E-state index contributed by atoms with van der Waals surface area (Å²) in [6, 6.07) is 4.17. The second-order valence-corrected chi connectivity index (χ2v) is 5.09. The number of amides is 2. The third kappa shape index (κ3) is 2.68. The van der Waals surface area contributed by atoms with Crippen molar-refractivity contribution in [1.82, 2.24) is 10.2 Å². The van der Waals surface area contributed by atoms with Gasteiger partial charge in [0, 0.05) is 16.3 Å². The number of carbonyl (C=O) groups excluding carboxylic acids is 2. The number of hydrogen-bond acceptors (Lipinski definition) is 4. The lowest BCUT2D eigenvalue weighted by Crippen LogP contribution is -2.50. The van der Waals surface area contributed by atoms with Crippen molar-refractivity contribution >= 4 is 23.2 Å². The summed E-state index contributed by atoms with van der Waals surface area (Å²) in [6.45, 7) is 3.42. The van der Waals surface area contributed by atoms with Crippen molar-refractivity contribution in [2.75, 3.05) is 13.1 Å². The van der Waals surface area contributed by atoms with E-state index < -0.39 is 0 Å². The molecule has 0 aliphatic carbocycles. The van der Waals surface area contributed by atoms with Crippen molar-refractivity contribution in [3.8, 4) is 0 Å². The molecule has 0 saturated carbocycles. The molecule has 5 heteroatoms. The number of rotatable bonds is 3. The van der Waals surface area contributed by atoms with Crippen LogP contribution < -0.4 is 5.32 Å². The zero-order valence-corrected chi connectivity index (χ0v) is 9.97. The first-order valence-electron chi connectivity index (χ1n) is 5.30. The topological polar surface area (TPSA) is 49.4 Å². The molecule has 0 radical (unpaired) electrons. The quantitative estimate of drug-likeness (QED) is 0.791. The first-order valence-corrected chi connectivity index (χ1v) is 6.11. The van der Waals surface area contributed by atoms with Crippen molar-refractivity contribution in [2.24, 2.45) is 0 Å². The fourth-order valence-electron chi connectivity index (χ4n) is 1.73. The largest absolute Gasteiger partial charge is 0.294 e. The summed E-state index contributed by atoms with van der Waals surface area (Å²) >= 11 is 1.74. The van der Waals surface area contributed by atoms with Crippen LogP contribution in [0.1, 0.15) is 16.7 Å². The highest BCUT2D eigenvalue weighted by atomic mass is 32.1. The van der Waals surface area contributed by atoms with Gasteiger partial charge in [-0.05, 0) is 18.6 Å². The van der Waals surface area contributed by atoms with E-state index in [-0.39, 0.29) is 11.8 Å². The van der Waals surface area contributed by atoms with E-state index in [0.717, 1.165) is 6.42 Å². The van der Waals surface area contributed by atoms with Gasteiger partial charge in [-0.25, -0.2) is 0 Å². The number of nitrogens with one attached hydrogen (secondary N) is 1. The number of thiophene rings is 1. The Balaban J connectivity index is 1.98. The Labute approximate surface area is 98.3 Å². The molecule has 1 aromatic rings. The van der Waals surface area contributed by atoms with Gasteiger partial charge in [-0.15, -0.1) is 11.3 Å². The molecule has 2 amide bonds. The zero-order chi connectivity index (χ0) is 11.5. The molecule has 2 rings (SSSR count). The van der Waals surface area contributed by atoms with E-state index in [1.54, 1.807) is 11.3 Å². The van der Waals surface area contributed by atoms with Gasteiger partial charge in [-0.1, -0.05) is 6.92 Å². The van der Waals surface area contributed by atoms with E-state index in [0.29, 0.717) is 19.6 Å². The highest BCUT2D eigenvalue weighted by Crippen LogP contribution is 2.18. The third-order valence-electron chi connectivity index (χ3n) is 2.46. The number of hydrogen-bond donors (Lipinski definition) is 1. The molecule has 1 aliphatic heterocycles. The Bertz CT molecular complexity index is 398. The smallest absolute Gasteiger partial charge is 0.240 e. The fraction of sp³-hybridized carbons (Fsp3) is 0.455. The maximum absolute atomic E-state index is 11.2. The number of piperazine rings is 1. The SMILES string of the molecule is CCc1ccc(CN2CC(=O)NC(=O)C2)s1. The van der Waals surface area contributed by atoms with Gasteiger partial charge < -0.3 is 0 Å². The molecule has 0 spiro atoms. The number of nitrogens with zero attached hydrogens (tertiary/aromatic N) is 1. The van der Waals surface area contributed by atoms with Gasteiger partial charge in [-0.3, -0.25) is 19.8 Å². The Hall–Kier alpha value is -1.20. The lowest BCUT2D eigenvalue weighted by molar-refractivity contribution is -0.136. The van der Waals surface area contributed by atoms with Gasteiger partial charge in [0.1, 0.15) is 0 Å². The van der Waals surface area contributed by atoms with Crippen molar-refractivity contribution in [3.05, 3.63) is 21.9 Å². The Morgan fingerprint density at radius 3 is 2.44 bits per heavy atom. The molecule has 0 unspecified atom stereocenters. The van der Waals surface area contributed by atoms with Crippen molar-refractivity contribution < 1.29 is 9.59 Å². The summed E-state index contributed by atoms with van der Waals surface area (Å²) in [5, 5.41) is 2.30. The summed E-state index contributed by atoms with van der Waals surface area (Å²) < 4.78 is 0. The molecule has 16 heavy (non-hydrogen) atoms. The van der Waals surface area contributed by atoms with Crippen LogP contribution in [0.25, 0.3) is 0 Å². The lowest BCUT2D eigenvalue weighted by atomic mass is 10.3. The average Bonchev–Trinajstić information content (AvgIpc) is 2.64. The van der Waals surface area contributed by atoms with Crippen molar-refractivity contribution in [1.29, 1.82) is 0 Å². The molecule has 0 atom stereocenters. The second kappa shape index (κ2) is 4.76.